The largest absolute Gasteiger partial charge is 0.356 e. The highest BCUT2D eigenvalue weighted by atomic mass is 16.2. The van der Waals surface area contributed by atoms with E-state index in [9.17, 15) is 9.59 Å². The fourth-order valence-corrected chi connectivity index (χ4v) is 1.70. The van der Waals surface area contributed by atoms with Gasteiger partial charge < -0.3 is 15.6 Å². The van der Waals surface area contributed by atoms with Gasteiger partial charge in [-0.1, -0.05) is 0 Å². The van der Waals surface area contributed by atoms with Gasteiger partial charge in [0, 0.05) is 31.0 Å². The molecule has 0 aromatic carbocycles. The zero-order chi connectivity index (χ0) is 15.2. The minimum atomic E-state index is -0.302. The number of carbonyl (C=O) groups excluding carboxylic acids is 1. The van der Waals surface area contributed by atoms with Crippen molar-refractivity contribution >= 4 is 11.9 Å². The van der Waals surface area contributed by atoms with Gasteiger partial charge in [-0.25, -0.2) is 4.98 Å². The zero-order valence-corrected chi connectivity index (χ0v) is 11.4. The van der Waals surface area contributed by atoms with Crippen molar-refractivity contribution < 1.29 is 4.79 Å². The van der Waals surface area contributed by atoms with Gasteiger partial charge in [-0.15, -0.1) is 0 Å². The molecule has 0 saturated carbocycles. The summed E-state index contributed by atoms with van der Waals surface area (Å²) in [7, 11) is 0. The van der Waals surface area contributed by atoms with Gasteiger partial charge in [0.2, 0.25) is 5.95 Å². The molecule has 0 fully saturated rings. The first kappa shape index (κ1) is 14.3. The fourth-order valence-electron chi connectivity index (χ4n) is 1.70. The molecule has 2 rings (SSSR count). The summed E-state index contributed by atoms with van der Waals surface area (Å²) >= 11 is 0. The monoisotopic (exact) mass is 286 g/mol. The lowest BCUT2D eigenvalue weighted by Gasteiger charge is -2.06. The molecule has 21 heavy (non-hydrogen) atoms. The van der Waals surface area contributed by atoms with Crippen LogP contribution in [0, 0.1) is 18.3 Å². The van der Waals surface area contributed by atoms with Crippen molar-refractivity contribution in [1.82, 2.24) is 20.3 Å². The Kier molecular flexibility index (Phi) is 4.36. The van der Waals surface area contributed by atoms with E-state index in [4.69, 9.17) is 5.26 Å². The lowest BCUT2D eigenvalue weighted by atomic mass is 10.3. The van der Waals surface area contributed by atoms with E-state index in [0.29, 0.717) is 36.0 Å². The standard InChI is InChI=1S/C13H14N6O2/c1-8-4-11(20)19-13(18-8)16-3-2-15-12(21)10-5-9(6-14)7-17-10/h4-5,7,17H,2-3H2,1H3,(H,15,21)(H2,16,18,19,20). The van der Waals surface area contributed by atoms with Crippen molar-refractivity contribution in [2.75, 3.05) is 18.4 Å². The van der Waals surface area contributed by atoms with E-state index in [0.717, 1.165) is 0 Å². The average molecular weight is 286 g/mol. The number of amides is 1. The lowest BCUT2D eigenvalue weighted by Crippen LogP contribution is -2.29. The van der Waals surface area contributed by atoms with E-state index in [1.54, 1.807) is 6.92 Å². The molecule has 2 aromatic rings. The highest BCUT2D eigenvalue weighted by Crippen LogP contribution is 2.01. The predicted octanol–water partition coefficient (Wildman–Crippen LogP) is 0.120. The van der Waals surface area contributed by atoms with Crippen molar-refractivity contribution in [3.63, 3.8) is 0 Å². The second-order valence-corrected chi connectivity index (χ2v) is 4.33. The Morgan fingerprint density at radius 3 is 2.90 bits per heavy atom. The Morgan fingerprint density at radius 1 is 1.43 bits per heavy atom. The minimum Gasteiger partial charge on any atom is -0.356 e. The maximum Gasteiger partial charge on any atom is 0.267 e. The highest BCUT2D eigenvalue weighted by molar-refractivity contribution is 5.92. The van der Waals surface area contributed by atoms with E-state index < -0.39 is 0 Å². The number of anilines is 1. The average Bonchev–Trinajstić information content (AvgIpc) is 2.91. The molecular weight excluding hydrogens is 272 g/mol. The number of rotatable bonds is 5. The number of carbonyl (C=O) groups is 1. The van der Waals surface area contributed by atoms with Gasteiger partial charge in [-0.2, -0.15) is 5.26 Å². The van der Waals surface area contributed by atoms with E-state index in [1.807, 2.05) is 6.07 Å². The van der Waals surface area contributed by atoms with Crippen molar-refractivity contribution in [1.29, 1.82) is 5.26 Å². The number of hydrogen-bond donors (Lipinski definition) is 4. The van der Waals surface area contributed by atoms with Crippen LogP contribution in [0.3, 0.4) is 0 Å². The quantitative estimate of drug-likeness (QED) is 0.581. The molecule has 0 aliphatic rings. The van der Waals surface area contributed by atoms with Gasteiger partial charge in [0.25, 0.3) is 11.5 Å². The second kappa shape index (κ2) is 6.38. The number of nitrogens with zero attached hydrogens (tertiary/aromatic N) is 2. The number of aryl methyl sites for hydroxylation is 1. The number of nitriles is 1. The highest BCUT2D eigenvalue weighted by Gasteiger charge is 2.07. The van der Waals surface area contributed by atoms with Crippen molar-refractivity contribution in [3.05, 3.63) is 45.6 Å². The maximum absolute atomic E-state index is 11.7. The molecule has 1 amide bonds. The second-order valence-electron chi connectivity index (χ2n) is 4.33. The summed E-state index contributed by atoms with van der Waals surface area (Å²) in [5.41, 5.74) is 1.11. The molecule has 0 aliphatic carbocycles. The Morgan fingerprint density at radius 2 is 2.24 bits per heavy atom. The van der Waals surface area contributed by atoms with Crippen molar-refractivity contribution in [2.24, 2.45) is 0 Å². The topological polar surface area (TPSA) is 126 Å². The first-order valence-electron chi connectivity index (χ1n) is 6.27. The number of nitrogens with one attached hydrogen (secondary N) is 4. The van der Waals surface area contributed by atoms with Gasteiger partial charge in [0.1, 0.15) is 11.8 Å². The molecule has 2 aromatic heterocycles. The molecule has 0 bridgehead atoms. The Hall–Kier alpha value is -3.08. The van der Waals surface area contributed by atoms with Crippen LogP contribution in [-0.2, 0) is 0 Å². The molecule has 108 valence electrons. The van der Waals surface area contributed by atoms with Crippen LogP contribution in [-0.4, -0.2) is 33.9 Å². The van der Waals surface area contributed by atoms with Gasteiger partial charge in [-0.05, 0) is 13.0 Å². The van der Waals surface area contributed by atoms with Gasteiger partial charge in [0.15, 0.2) is 0 Å². The van der Waals surface area contributed by atoms with Gasteiger partial charge in [-0.3, -0.25) is 14.6 Å². The van der Waals surface area contributed by atoms with E-state index in [2.05, 4.69) is 25.6 Å². The first-order valence-corrected chi connectivity index (χ1v) is 6.27. The first-order chi connectivity index (χ1) is 10.1. The molecule has 0 spiro atoms. The molecular formula is C13H14N6O2. The Balaban J connectivity index is 1.80. The maximum atomic E-state index is 11.7. The van der Waals surface area contributed by atoms with E-state index in [-0.39, 0.29) is 11.5 Å². The molecule has 2 heterocycles. The van der Waals surface area contributed by atoms with Crippen molar-refractivity contribution in [2.45, 2.75) is 6.92 Å². The fraction of sp³-hybridized carbons (Fsp3) is 0.231. The summed E-state index contributed by atoms with van der Waals surface area (Å²) < 4.78 is 0. The molecule has 0 radical (unpaired) electrons. The number of H-pyrrole nitrogens is 2. The molecule has 0 unspecified atom stereocenters. The lowest BCUT2D eigenvalue weighted by molar-refractivity contribution is 0.0951. The third kappa shape index (κ3) is 3.94. The number of aromatic amines is 2. The van der Waals surface area contributed by atoms with Crippen LogP contribution >= 0.6 is 0 Å². The summed E-state index contributed by atoms with van der Waals surface area (Å²) in [6.07, 6.45) is 1.47. The number of hydrogen-bond acceptors (Lipinski definition) is 5. The van der Waals surface area contributed by atoms with E-state index in [1.165, 1.54) is 18.3 Å². The van der Waals surface area contributed by atoms with E-state index >= 15 is 0 Å². The summed E-state index contributed by atoms with van der Waals surface area (Å²) in [6, 6.07) is 4.80. The minimum absolute atomic E-state index is 0.232. The Bertz CT molecular complexity index is 740. The van der Waals surface area contributed by atoms with Crippen LogP contribution in [0.4, 0.5) is 5.95 Å². The van der Waals surface area contributed by atoms with Gasteiger partial charge >= 0.3 is 0 Å². The van der Waals surface area contributed by atoms with Crippen LogP contribution in [0.15, 0.2) is 23.1 Å². The summed E-state index contributed by atoms with van der Waals surface area (Å²) in [5.74, 6) is 0.0601. The van der Waals surface area contributed by atoms with Crippen molar-refractivity contribution in [3.8, 4) is 6.07 Å². The molecule has 8 nitrogen and oxygen atoms in total. The summed E-state index contributed by atoms with van der Waals surface area (Å²) in [5, 5.41) is 14.2. The smallest absolute Gasteiger partial charge is 0.267 e. The Labute approximate surface area is 120 Å². The van der Waals surface area contributed by atoms with Crippen LogP contribution in [0.1, 0.15) is 21.7 Å². The van der Waals surface area contributed by atoms with Gasteiger partial charge in [0.05, 0.1) is 5.56 Å². The molecule has 8 heteroatoms. The summed E-state index contributed by atoms with van der Waals surface area (Å²) in [6.45, 7) is 2.47. The third-order valence-electron chi connectivity index (χ3n) is 2.63. The number of aromatic nitrogens is 3. The summed E-state index contributed by atoms with van der Waals surface area (Å²) in [4.78, 5) is 32.3. The predicted molar refractivity (Wildman–Crippen MR) is 75.9 cm³/mol. The van der Waals surface area contributed by atoms with Crippen LogP contribution in [0.5, 0.6) is 0 Å². The molecule has 4 N–H and O–H groups in total. The molecule has 0 aliphatic heterocycles. The van der Waals surface area contributed by atoms with Crippen LogP contribution in [0.2, 0.25) is 0 Å². The molecule has 0 saturated heterocycles. The SMILES string of the molecule is Cc1cc(=O)[nH]c(NCCNC(=O)c2cc(C#N)c[nH]2)n1. The normalized spacial score (nSPS) is 9.90. The molecule has 0 atom stereocenters. The third-order valence-corrected chi connectivity index (χ3v) is 2.63. The van der Waals surface area contributed by atoms with Crippen LogP contribution < -0.4 is 16.2 Å². The van der Waals surface area contributed by atoms with Crippen LogP contribution in [0.25, 0.3) is 0 Å². The zero-order valence-electron chi connectivity index (χ0n) is 11.4.